The van der Waals surface area contributed by atoms with Gasteiger partial charge in [-0.25, -0.2) is 0 Å². The second-order valence-electron chi connectivity index (χ2n) is 8.68. The summed E-state index contributed by atoms with van der Waals surface area (Å²) in [7, 11) is 0.321. The molecule has 0 aliphatic heterocycles. The zero-order valence-electron chi connectivity index (χ0n) is 18.6. The molecule has 0 unspecified atom stereocenters. The first-order valence-electron chi connectivity index (χ1n) is 10.4. The first-order chi connectivity index (χ1) is 13.8. The third-order valence-electron chi connectivity index (χ3n) is 6.20. The van der Waals surface area contributed by atoms with Crippen LogP contribution in [0.15, 0.2) is 41.8 Å². The average Bonchev–Trinajstić information content (AvgIpc) is 3.26. The number of fused-ring (bicyclic) bond motifs is 1. The van der Waals surface area contributed by atoms with Crippen LogP contribution in [-0.4, -0.2) is 12.6 Å². The molecule has 3 rings (SSSR count). The number of benzene rings is 1. The molecule has 29 heavy (non-hydrogen) atoms. The van der Waals surface area contributed by atoms with Crippen LogP contribution >= 0.6 is 11.3 Å². The summed E-state index contributed by atoms with van der Waals surface area (Å²) in [5, 5.41) is 4.46. The Morgan fingerprint density at radius 1 is 0.759 bits per heavy atom. The fraction of sp³-hybridized carbons (Fsp3) is 0.385. The van der Waals surface area contributed by atoms with Gasteiger partial charge in [0.15, 0.2) is 0 Å². The van der Waals surface area contributed by atoms with Crippen LogP contribution in [0.1, 0.15) is 57.8 Å². The molecule has 3 heteroatoms. The minimum Gasteiger partial charge on any atom is -0.330 e. The van der Waals surface area contributed by atoms with Gasteiger partial charge in [-0.1, -0.05) is 77.8 Å². The molecule has 2 aromatic heterocycles. The standard InChI is InChI=1S/C26H31NSSi/c1-19(2)29(20(3)4,21(5)6)18-16-26-24-13-9-8-12-23(24)25(27(26)7)15-14-22-11-10-17-28-22/h8-13,17,19-21H,1-7H3. The molecule has 1 aromatic carbocycles. The summed E-state index contributed by atoms with van der Waals surface area (Å²) < 4.78 is 2.19. The smallest absolute Gasteiger partial charge is 0.146 e. The number of hydrogen-bond donors (Lipinski definition) is 0. The molecule has 0 N–H and O–H groups in total. The summed E-state index contributed by atoms with van der Waals surface area (Å²) in [4.78, 5) is 1.09. The van der Waals surface area contributed by atoms with Gasteiger partial charge < -0.3 is 4.57 Å². The molecule has 0 atom stereocenters. The lowest BCUT2D eigenvalue weighted by atomic mass is 10.1. The molecule has 0 radical (unpaired) electrons. The lowest BCUT2D eigenvalue weighted by Crippen LogP contribution is -2.43. The predicted molar refractivity (Wildman–Crippen MR) is 131 cm³/mol. The zero-order chi connectivity index (χ0) is 21.2. The predicted octanol–water partition coefficient (Wildman–Crippen LogP) is 7.21. The van der Waals surface area contributed by atoms with Crippen molar-refractivity contribution in [2.24, 2.45) is 7.05 Å². The normalized spacial score (nSPS) is 11.7. The van der Waals surface area contributed by atoms with Crippen LogP contribution in [0.3, 0.4) is 0 Å². The number of hydrogen-bond acceptors (Lipinski definition) is 1. The third-order valence-corrected chi connectivity index (χ3v) is 13.3. The van der Waals surface area contributed by atoms with Crippen LogP contribution < -0.4 is 0 Å². The summed E-state index contributed by atoms with van der Waals surface area (Å²) in [6.07, 6.45) is 0. The fourth-order valence-corrected chi connectivity index (χ4v) is 10.5. The summed E-state index contributed by atoms with van der Waals surface area (Å²) >= 11 is 1.68. The van der Waals surface area contributed by atoms with E-state index in [9.17, 15) is 0 Å². The largest absolute Gasteiger partial charge is 0.330 e. The SMILES string of the molecule is CC(C)[Si](C#Cc1c2ccccc2c(C#Cc2cccs2)n1C)(C(C)C)C(C)C. The zero-order valence-corrected chi connectivity index (χ0v) is 20.4. The summed E-state index contributed by atoms with van der Waals surface area (Å²) in [5.41, 5.74) is 7.90. The topological polar surface area (TPSA) is 4.93 Å². The molecule has 0 amide bonds. The lowest BCUT2D eigenvalue weighted by molar-refractivity contribution is 0.838. The molecule has 3 aromatic rings. The molecular weight excluding hydrogens is 386 g/mol. The van der Waals surface area contributed by atoms with Gasteiger partial charge in [0.25, 0.3) is 0 Å². The van der Waals surface area contributed by atoms with E-state index in [2.05, 4.69) is 112 Å². The highest BCUT2D eigenvalue weighted by Crippen LogP contribution is 2.41. The summed E-state index contributed by atoms with van der Waals surface area (Å²) in [5.74, 6) is 10.4. The highest BCUT2D eigenvalue weighted by atomic mass is 32.1. The quantitative estimate of drug-likeness (QED) is 0.313. The molecule has 0 saturated carbocycles. The monoisotopic (exact) mass is 417 g/mol. The van der Waals surface area contributed by atoms with Gasteiger partial charge in [0.2, 0.25) is 0 Å². The lowest BCUT2D eigenvalue weighted by Gasteiger charge is -2.38. The Labute approximate surface area is 181 Å². The van der Waals surface area contributed by atoms with Gasteiger partial charge in [-0.3, -0.25) is 0 Å². The second-order valence-corrected chi connectivity index (χ2v) is 15.2. The van der Waals surface area contributed by atoms with Crippen LogP contribution in [0.5, 0.6) is 0 Å². The Morgan fingerprint density at radius 2 is 1.31 bits per heavy atom. The van der Waals surface area contributed by atoms with E-state index in [0.29, 0.717) is 16.6 Å². The minimum atomic E-state index is -1.78. The van der Waals surface area contributed by atoms with E-state index >= 15 is 0 Å². The van der Waals surface area contributed by atoms with Crippen LogP contribution in [0.2, 0.25) is 16.6 Å². The highest BCUT2D eigenvalue weighted by molar-refractivity contribution is 7.10. The number of nitrogens with zero attached hydrogens (tertiary/aromatic N) is 1. The molecule has 0 fully saturated rings. The molecule has 1 nitrogen and oxygen atoms in total. The first-order valence-corrected chi connectivity index (χ1v) is 13.6. The van der Waals surface area contributed by atoms with E-state index in [0.717, 1.165) is 16.3 Å². The number of thiophene rings is 1. The Hall–Kier alpha value is -2.20. The van der Waals surface area contributed by atoms with E-state index in [1.165, 1.54) is 10.8 Å². The van der Waals surface area contributed by atoms with Crippen molar-refractivity contribution in [3.05, 3.63) is 58.0 Å². The van der Waals surface area contributed by atoms with E-state index in [1.54, 1.807) is 11.3 Å². The Morgan fingerprint density at radius 3 is 1.79 bits per heavy atom. The van der Waals surface area contributed by atoms with Crippen molar-refractivity contribution in [1.82, 2.24) is 4.57 Å². The highest BCUT2D eigenvalue weighted by Gasteiger charge is 2.41. The van der Waals surface area contributed by atoms with Crippen molar-refractivity contribution >= 4 is 30.2 Å². The van der Waals surface area contributed by atoms with Crippen molar-refractivity contribution in [1.29, 1.82) is 0 Å². The van der Waals surface area contributed by atoms with Crippen molar-refractivity contribution in [2.45, 2.75) is 58.2 Å². The molecule has 0 spiro atoms. The van der Waals surface area contributed by atoms with Crippen LogP contribution in [0.25, 0.3) is 10.8 Å². The maximum atomic E-state index is 3.89. The molecule has 2 heterocycles. The Bertz CT molecular complexity index is 1090. The summed E-state index contributed by atoms with van der Waals surface area (Å²) in [6, 6.07) is 12.6. The minimum absolute atomic E-state index is 0.625. The molecule has 150 valence electrons. The van der Waals surface area contributed by atoms with Crippen LogP contribution in [-0.2, 0) is 7.05 Å². The maximum absolute atomic E-state index is 3.89. The van der Waals surface area contributed by atoms with Crippen molar-refractivity contribution in [2.75, 3.05) is 0 Å². The molecule has 0 bridgehead atoms. The third kappa shape index (κ3) is 3.95. The van der Waals surface area contributed by atoms with Crippen molar-refractivity contribution in [3.8, 4) is 23.3 Å². The first kappa shape index (κ1) is 21.5. The molecule has 0 aliphatic carbocycles. The van der Waals surface area contributed by atoms with Gasteiger partial charge in [0.1, 0.15) is 13.8 Å². The molecule has 0 aliphatic rings. The molecule has 0 saturated heterocycles. The van der Waals surface area contributed by atoms with Gasteiger partial charge in [0, 0.05) is 17.8 Å². The van der Waals surface area contributed by atoms with Gasteiger partial charge in [-0.2, -0.15) is 0 Å². The van der Waals surface area contributed by atoms with E-state index in [4.69, 9.17) is 0 Å². The van der Waals surface area contributed by atoms with E-state index in [-0.39, 0.29) is 0 Å². The summed E-state index contributed by atoms with van der Waals surface area (Å²) in [6.45, 7) is 14.2. The van der Waals surface area contributed by atoms with E-state index in [1.807, 2.05) is 6.07 Å². The Kier molecular flexibility index (Phi) is 6.42. The van der Waals surface area contributed by atoms with Crippen LogP contribution in [0, 0.1) is 23.3 Å². The number of aromatic nitrogens is 1. The van der Waals surface area contributed by atoms with Crippen molar-refractivity contribution < 1.29 is 0 Å². The molecular formula is C26H31NSSi. The average molecular weight is 418 g/mol. The number of rotatable bonds is 3. The van der Waals surface area contributed by atoms with Gasteiger partial charge in [0.05, 0.1) is 10.6 Å². The maximum Gasteiger partial charge on any atom is 0.146 e. The van der Waals surface area contributed by atoms with Gasteiger partial charge >= 0.3 is 0 Å². The van der Waals surface area contributed by atoms with Gasteiger partial charge in [-0.15, -0.1) is 16.9 Å². The Balaban J connectivity index is 2.20. The fourth-order valence-electron chi connectivity index (χ4n) is 4.74. The van der Waals surface area contributed by atoms with Crippen LogP contribution in [0.4, 0.5) is 0 Å². The second kappa shape index (κ2) is 8.66. The van der Waals surface area contributed by atoms with E-state index < -0.39 is 8.07 Å². The van der Waals surface area contributed by atoms with Gasteiger partial charge in [-0.05, 0) is 39.9 Å². The van der Waals surface area contributed by atoms with Crippen molar-refractivity contribution in [3.63, 3.8) is 0 Å².